The van der Waals surface area contributed by atoms with Gasteiger partial charge in [0.15, 0.2) is 0 Å². The predicted octanol–water partition coefficient (Wildman–Crippen LogP) is 2.99. The average molecular weight is 339 g/mol. The fraction of sp³-hybridized carbons (Fsp3) is 0.300. The number of carbonyl (C=O) groups is 2. The zero-order valence-corrected chi connectivity index (χ0v) is 14.7. The van der Waals surface area contributed by atoms with Gasteiger partial charge >= 0.3 is 6.03 Å². The molecule has 25 heavy (non-hydrogen) atoms. The second-order valence-electron chi connectivity index (χ2n) is 6.97. The largest absolute Gasteiger partial charge is 0.550 e. The van der Waals surface area contributed by atoms with Gasteiger partial charge in [0.05, 0.1) is 6.04 Å². The summed E-state index contributed by atoms with van der Waals surface area (Å²) in [5.74, 6) is -1.22. The highest BCUT2D eigenvalue weighted by Crippen LogP contribution is 2.25. The third kappa shape index (κ3) is 5.64. The SMILES string of the molecule is CC(C)(C)c1ccc([C@H](CC(=O)[O-])NC(=O)Nc2ccccc2)cc1. The number of rotatable bonds is 5. The summed E-state index contributed by atoms with van der Waals surface area (Å²) in [6.45, 7) is 6.31. The van der Waals surface area contributed by atoms with Gasteiger partial charge in [-0.3, -0.25) is 0 Å². The standard InChI is InChI=1S/C20H24N2O3/c1-20(2,3)15-11-9-14(10-12-15)17(13-18(23)24)22-19(25)21-16-7-5-4-6-8-16/h4-12,17H,13H2,1-3H3,(H,23,24)(H2,21,22,25)/p-1/t17-/m0/s1. The van der Waals surface area contributed by atoms with Crippen LogP contribution in [0.2, 0.25) is 0 Å². The molecule has 2 aromatic carbocycles. The second kappa shape index (κ2) is 7.83. The Kier molecular flexibility index (Phi) is 5.80. The first kappa shape index (κ1) is 18.5. The van der Waals surface area contributed by atoms with Gasteiger partial charge in [-0.05, 0) is 28.7 Å². The smallest absolute Gasteiger partial charge is 0.319 e. The van der Waals surface area contributed by atoms with Crippen molar-refractivity contribution in [2.45, 2.75) is 38.6 Å². The van der Waals surface area contributed by atoms with Crippen LogP contribution in [0.25, 0.3) is 0 Å². The second-order valence-corrected chi connectivity index (χ2v) is 6.97. The van der Waals surface area contributed by atoms with Crippen molar-refractivity contribution in [1.29, 1.82) is 0 Å². The maximum atomic E-state index is 12.2. The molecule has 2 N–H and O–H groups in total. The Morgan fingerprint density at radius 2 is 1.60 bits per heavy atom. The summed E-state index contributed by atoms with van der Waals surface area (Å²) >= 11 is 0. The summed E-state index contributed by atoms with van der Waals surface area (Å²) in [5.41, 5.74) is 2.49. The van der Waals surface area contributed by atoms with E-state index in [-0.39, 0.29) is 11.8 Å². The zero-order valence-electron chi connectivity index (χ0n) is 14.7. The Bertz CT molecular complexity index is 719. The number of nitrogens with one attached hydrogen (secondary N) is 2. The van der Waals surface area contributed by atoms with Gasteiger partial charge in [0, 0.05) is 18.1 Å². The van der Waals surface area contributed by atoms with E-state index < -0.39 is 18.0 Å². The van der Waals surface area contributed by atoms with E-state index in [1.54, 1.807) is 24.3 Å². The van der Waals surface area contributed by atoms with Gasteiger partial charge in [-0.15, -0.1) is 0 Å². The summed E-state index contributed by atoms with van der Waals surface area (Å²) in [4.78, 5) is 23.2. The van der Waals surface area contributed by atoms with E-state index in [4.69, 9.17) is 0 Å². The molecule has 2 amide bonds. The van der Waals surface area contributed by atoms with E-state index in [1.165, 1.54) is 0 Å². The highest BCUT2D eigenvalue weighted by molar-refractivity contribution is 5.89. The number of carbonyl (C=O) groups excluding carboxylic acids is 2. The number of para-hydroxylation sites is 1. The van der Waals surface area contributed by atoms with Crippen LogP contribution < -0.4 is 15.7 Å². The summed E-state index contributed by atoms with van der Waals surface area (Å²) in [6.07, 6.45) is -0.295. The Hall–Kier alpha value is -2.82. The lowest BCUT2D eigenvalue weighted by Crippen LogP contribution is -2.36. The van der Waals surface area contributed by atoms with Gasteiger partial charge in [-0.2, -0.15) is 0 Å². The molecule has 132 valence electrons. The van der Waals surface area contributed by atoms with Crippen molar-refractivity contribution in [2.75, 3.05) is 5.32 Å². The summed E-state index contributed by atoms with van der Waals surface area (Å²) in [6, 6.07) is 15.4. The number of carboxylic acids is 1. The van der Waals surface area contributed by atoms with Gasteiger partial charge in [0.2, 0.25) is 0 Å². The van der Waals surface area contributed by atoms with Crippen molar-refractivity contribution < 1.29 is 14.7 Å². The first-order chi connectivity index (χ1) is 11.8. The van der Waals surface area contributed by atoms with Crippen LogP contribution in [-0.2, 0) is 10.2 Å². The number of benzene rings is 2. The Morgan fingerprint density at radius 1 is 1.00 bits per heavy atom. The average Bonchev–Trinajstić information content (AvgIpc) is 2.54. The van der Waals surface area contributed by atoms with Crippen LogP contribution in [0, 0.1) is 0 Å². The summed E-state index contributed by atoms with van der Waals surface area (Å²) in [7, 11) is 0. The van der Waals surface area contributed by atoms with Crippen molar-refractivity contribution >= 4 is 17.7 Å². The lowest BCUT2D eigenvalue weighted by atomic mass is 9.86. The van der Waals surface area contributed by atoms with Gasteiger partial charge < -0.3 is 20.5 Å². The van der Waals surface area contributed by atoms with Crippen LogP contribution in [0.5, 0.6) is 0 Å². The van der Waals surface area contributed by atoms with E-state index in [0.717, 1.165) is 11.1 Å². The molecule has 0 aromatic heterocycles. The Labute approximate surface area is 148 Å². The molecule has 5 heteroatoms. The van der Waals surface area contributed by atoms with E-state index in [0.29, 0.717) is 5.69 Å². The minimum Gasteiger partial charge on any atom is -0.550 e. The van der Waals surface area contributed by atoms with Crippen molar-refractivity contribution in [3.05, 3.63) is 65.7 Å². The molecule has 0 spiro atoms. The summed E-state index contributed by atoms with van der Waals surface area (Å²) < 4.78 is 0. The highest BCUT2D eigenvalue weighted by Gasteiger charge is 2.18. The van der Waals surface area contributed by atoms with E-state index in [2.05, 4.69) is 31.4 Å². The molecule has 5 nitrogen and oxygen atoms in total. The number of amides is 2. The van der Waals surface area contributed by atoms with Gasteiger partial charge in [0.25, 0.3) is 0 Å². The number of anilines is 1. The molecular formula is C20H23N2O3-. The van der Waals surface area contributed by atoms with Gasteiger partial charge in [-0.1, -0.05) is 63.2 Å². The maximum Gasteiger partial charge on any atom is 0.319 e. The molecule has 1 atom stereocenters. The van der Waals surface area contributed by atoms with E-state index in [9.17, 15) is 14.7 Å². The number of hydrogen-bond acceptors (Lipinski definition) is 3. The molecule has 0 aliphatic carbocycles. The fourth-order valence-electron chi connectivity index (χ4n) is 2.48. The number of hydrogen-bond donors (Lipinski definition) is 2. The van der Waals surface area contributed by atoms with Crippen molar-refractivity contribution in [3.8, 4) is 0 Å². The zero-order chi connectivity index (χ0) is 18.4. The predicted molar refractivity (Wildman–Crippen MR) is 96.1 cm³/mol. The Balaban J connectivity index is 2.13. The van der Waals surface area contributed by atoms with Crippen LogP contribution in [0.1, 0.15) is 44.4 Å². The first-order valence-electron chi connectivity index (χ1n) is 8.18. The molecule has 2 aromatic rings. The third-order valence-corrected chi connectivity index (χ3v) is 3.89. The molecule has 0 bridgehead atoms. The van der Waals surface area contributed by atoms with Crippen molar-refractivity contribution in [2.24, 2.45) is 0 Å². The molecule has 0 heterocycles. The molecule has 0 fully saturated rings. The lowest BCUT2D eigenvalue weighted by Gasteiger charge is -2.23. The van der Waals surface area contributed by atoms with Crippen LogP contribution in [0.4, 0.5) is 10.5 Å². The minimum absolute atomic E-state index is 0.000489. The minimum atomic E-state index is -1.22. The molecule has 2 rings (SSSR count). The monoisotopic (exact) mass is 339 g/mol. The van der Waals surface area contributed by atoms with Crippen LogP contribution >= 0.6 is 0 Å². The fourth-order valence-corrected chi connectivity index (χ4v) is 2.48. The van der Waals surface area contributed by atoms with Crippen LogP contribution in [0.15, 0.2) is 54.6 Å². The molecule has 0 saturated carbocycles. The quantitative estimate of drug-likeness (QED) is 0.878. The molecule has 0 aliphatic rings. The number of carboxylic acid groups (broad SMARTS) is 1. The normalized spacial score (nSPS) is 12.3. The topological polar surface area (TPSA) is 81.3 Å². The Morgan fingerprint density at radius 3 is 2.12 bits per heavy atom. The van der Waals surface area contributed by atoms with Gasteiger partial charge in [0.1, 0.15) is 0 Å². The lowest BCUT2D eigenvalue weighted by molar-refractivity contribution is -0.306. The number of urea groups is 1. The molecule has 0 radical (unpaired) electrons. The maximum absolute atomic E-state index is 12.2. The molecule has 0 aliphatic heterocycles. The van der Waals surface area contributed by atoms with Crippen LogP contribution in [-0.4, -0.2) is 12.0 Å². The van der Waals surface area contributed by atoms with Crippen molar-refractivity contribution in [1.82, 2.24) is 5.32 Å². The molecule has 0 saturated heterocycles. The van der Waals surface area contributed by atoms with Gasteiger partial charge in [-0.25, -0.2) is 4.79 Å². The third-order valence-electron chi connectivity index (χ3n) is 3.89. The molecular weight excluding hydrogens is 316 g/mol. The number of aliphatic carboxylic acids is 1. The van der Waals surface area contributed by atoms with Crippen LogP contribution in [0.3, 0.4) is 0 Å². The molecule has 0 unspecified atom stereocenters. The van der Waals surface area contributed by atoms with E-state index >= 15 is 0 Å². The van der Waals surface area contributed by atoms with E-state index in [1.807, 2.05) is 30.3 Å². The summed E-state index contributed by atoms with van der Waals surface area (Å²) in [5, 5.41) is 16.5. The highest BCUT2D eigenvalue weighted by atomic mass is 16.4. The first-order valence-corrected chi connectivity index (χ1v) is 8.18. The van der Waals surface area contributed by atoms with Crippen molar-refractivity contribution in [3.63, 3.8) is 0 Å².